The molecule has 2 aliphatic heterocycles. The van der Waals surface area contributed by atoms with Gasteiger partial charge in [-0.05, 0) is 12.2 Å². The summed E-state index contributed by atoms with van der Waals surface area (Å²) >= 11 is 2.06. The Hall–Kier alpha value is -0.460. The zero-order valence-electron chi connectivity index (χ0n) is 9.51. The highest BCUT2D eigenvalue weighted by Gasteiger charge is 2.26. The first-order valence-corrected chi connectivity index (χ1v) is 6.95. The molecule has 2 heterocycles. The second kappa shape index (κ2) is 5.75. The molecule has 2 fully saturated rings. The number of oxime groups is 1. The molecule has 92 valence electrons. The van der Waals surface area contributed by atoms with Crippen molar-refractivity contribution in [3.63, 3.8) is 0 Å². The molecular weight excluding hydrogens is 224 g/mol. The Balaban J connectivity index is 1.73. The molecule has 2 rings (SSSR count). The van der Waals surface area contributed by atoms with Gasteiger partial charge >= 0.3 is 0 Å². The van der Waals surface area contributed by atoms with Gasteiger partial charge in [-0.25, -0.2) is 0 Å². The van der Waals surface area contributed by atoms with Crippen LogP contribution in [0.5, 0.6) is 0 Å². The first kappa shape index (κ1) is 12.0. The SMILES string of the molecule is N/C(CN1CCN(C2CCSC2)CC1)=N\O. The molecular formula is C10H20N4OS. The first-order valence-electron chi connectivity index (χ1n) is 5.80. The van der Waals surface area contributed by atoms with Crippen molar-refractivity contribution < 1.29 is 5.21 Å². The third-order valence-electron chi connectivity index (χ3n) is 3.34. The van der Waals surface area contributed by atoms with Gasteiger partial charge in [0, 0.05) is 38.0 Å². The highest BCUT2D eigenvalue weighted by Crippen LogP contribution is 2.23. The maximum absolute atomic E-state index is 8.51. The van der Waals surface area contributed by atoms with Gasteiger partial charge in [-0.15, -0.1) is 0 Å². The van der Waals surface area contributed by atoms with Crippen LogP contribution in [0.15, 0.2) is 5.16 Å². The molecule has 0 radical (unpaired) electrons. The minimum absolute atomic E-state index is 0.310. The normalized spacial score (nSPS) is 29.8. The predicted molar refractivity (Wildman–Crippen MR) is 67.2 cm³/mol. The van der Waals surface area contributed by atoms with Crippen molar-refractivity contribution in [2.24, 2.45) is 10.9 Å². The lowest BCUT2D eigenvalue weighted by Crippen LogP contribution is -2.52. The van der Waals surface area contributed by atoms with Crippen molar-refractivity contribution in [3.05, 3.63) is 0 Å². The number of nitrogens with zero attached hydrogens (tertiary/aromatic N) is 3. The Kier molecular flexibility index (Phi) is 4.31. The topological polar surface area (TPSA) is 65.1 Å². The van der Waals surface area contributed by atoms with Crippen LogP contribution in [0.25, 0.3) is 0 Å². The lowest BCUT2D eigenvalue weighted by atomic mass is 10.2. The van der Waals surface area contributed by atoms with Gasteiger partial charge in [0.2, 0.25) is 0 Å². The molecule has 0 saturated carbocycles. The van der Waals surface area contributed by atoms with Crippen LogP contribution in [0, 0.1) is 0 Å². The summed E-state index contributed by atoms with van der Waals surface area (Å²) in [5, 5.41) is 11.5. The van der Waals surface area contributed by atoms with Crippen LogP contribution in [0.3, 0.4) is 0 Å². The zero-order chi connectivity index (χ0) is 11.4. The fourth-order valence-corrected chi connectivity index (χ4v) is 3.61. The second-order valence-corrected chi connectivity index (χ2v) is 5.57. The Morgan fingerprint density at radius 3 is 2.69 bits per heavy atom. The largest absolute Gasteiger partial charge is 0.409 e. The molecule has 2 aliphatic rings. The third-order valence-corrected chi connectivity index (χ3v) is 4.49. The molecule has 0 spiro atoms. The van der Waals surface area contributed by atoms with Crippen LogP contribution in [0.2, 0.25) is 0 Å². The molecule has 0 bridgehead atoms. The minimum atomic E-state index is 0.310. The van der Waals surface area contributed by atoms with Crippen LogP contribution < -0.4 is 5.73 Å². The van der Waals surface area contributed by atoms with Crippen LogP contribution in [0.1, 0.15) is 6.42 Å². The molecule has 5 nitrogen and oxygen atoms in total. The molecule has 0 aromatic heterocycles. The molecule has 16 heavy (non-hydrogen) atoms. The van der Waals surface area contributed by atoms with Gasteiger partial charge < -0.3 is 10.9 Å². The average molecular weight is 244 g/mol. The van der Waals surface area contributed by atoms with Crippen molar-refractivity contribution in [1.29, 1.82) is 0 Å². The summed E-state index contributed by atoms with van der Waals surface area (Å²) in [6.07, 6.45) is 1.34. The highest BCUT2D eigenvalue weighted by molar-refractivity contribution is 7.99. The van der Waals surface area contributed by atoms with Crippen molar-refractivity contribution in [2.45, 2.75) is 12.5 Å². The van der Waals surface area contributed by atoms with E-state index in [1.165, 1.54) is 17.9 Å². The van der Waals surface area contributed by atoms with E-state index in [1.54, 1.807) is 0 Å². The Morgan fingerprint density at radius 1 is 1.38 bits per heavy atom. The third kappa shape index (κ3) is 3.02. The standard InChI is InChI=1S/C10H20N4OS/c11-10(12-15)7-13-2-4-14(5-3-13)9-1-6-16-8-9/h9,15H,1-8H2,(H2,11,12). The van der Waals surface area contributed by atoms with E-state index < -0.39 is 0 Å². The van der Waals surface area contributed by atoms with Crippen molar-refractivity contribution in [3.8, 4) is 0 Å². The van der Waals surface area contributed by atoms with E-state index in [9.17, 15) is 0 Å². The Bertz CT molecular complexity index is 247. The van der Waals surface area contributed by atoms with Crippen molar-refractivity contribution in [2.75, 3.05) is 44.2 Å². The summed E-state index contributed by atoms with van der Waals surface area (Å²) in [5.74, 6) is 2.92. The number of piperazine rings is 1. The molecule has 6 heteroatoms. The summed E-state index contributed by atoms with van der Waals surface area (Å²) in [5.41, 5.74) is 5.50. The van der Waals surface area contributed by atoms with Gasteiger partial charge in [-0.3, -0.25) is 9.80 Å². The lowest BCUT2D eigenvalue weighted by molar-refractivity contribution is 0.114. The fourth-order valence-electron chi connectivity index (χ4n) is 2.36. The highest BCUT2D eigenvalue weighted by atomic mass is 32.2. The molecule has 2 saturated heterocycles. The van der Waals surface area contributed by atoms with E-state index in [0.29, 0.717) is 12.4 Å². The quantitative estimate of drug-likeness (QED) is 0.313. The van der Waals surface area contributed by atoms with Crippen molar-refractivity contribution >= 4 is 17.6 Å². The van der Waals surface area contributed by atoms with Crippen LogP contribution in [-0.4, -0.2) is 71.1 Å². The summed E-state index contributed by atoms with van der Waals surface area (Å²) in [6, 6.07) is 0.788. The van der Waals surface area contributed by atoms with Crippen molar-refractivity contribution in [1.82, 2.24) is 9.80 Å². The fraction of sp³-hybridized carbons (Fsp3) is 0.900. The monoisotopic (exact) mass is 244 g/mol. The summed E-state index contributed by atoms with van der Waals surface area (Å²) in [6.45, 7) is 4.87. The van der Waals surface area contributed by atoms with E-state index in [0.717, 1.165) is 32.2 Å². The van der Waals surface area contributed by atoms with Crippen LogP contribution in [-0.2, 0) is 0 Å². The average Bonchev–Trinajstić information content (AvgIpc) is 2.83. The molecule has 1 atom stereocenters. The Morgan fingerprint density at radius 2 is 2.12 bits per heavy atom. The van der Waals surface area contributed by atoms with E-state index in [1.807, 2.05) is 0 Å². The molecule has 3 N–H and O–H groups in total. The van der Waals surface area contributed by atoms with Gasteiger partial charge in [-0.2, -0.15) is 11.8 Å². The number of rotatable bonds is 3. The summed E-state index contributed by atoms with van der Waals surface area (Å²) in [4.78, 5) is 4.83. The van der Waals surface area contributed by atoms with E-state index in [2.05, 4.69) is 26.7 Å². The van der Waals surface area contributed by atoms with Gasteiger partial charge in [-0.1, -0.05) is 5.16 Å². The molecule has 1 unspecified atom stereocenters. The minimum Gasteiger partial charge on any atom is -0.409 e. The summed E-state index contributed by atoms with van der Waals surface area (Å²) in [7, 11) is 0. The lowest BCUT2D eigenvalue weighted by Gasteiger charge is -2.37. The Labute approximate surface area is 101 Å². The van der Waals surface area contributed by atoms with Gasteiger partial charge in [0.25, 0.3) is 0 Å². The molecule has 0 amide bonds. The second-order valence-electron chi connectivity index (χ2n) is 4.42. The zero-order valence-corrected chi connectivity index (χ0v) is 10.3. The van der Waals surface area contributed by atoms with E-state index in [4.69, 9.17) is 10.9 Å². The smallest absolute Gasteiger partial charge is 0.153 e. The van der Waals surface area contributed by atoms with Gasteiger partial charge in [0.1, 0.15) is 0 Å². The number of hydrogen-bond donors (Lipinski definition) is 2. The van der Waals surface area contributed by atoms with Crippen LogP contribution in [0.4, 0.5) is 0 Å². The van der Waals surface area contributed by atoms with Gasteiger partial charge in [0.15, 0.2) is 5.84 Å². The van der Waals surface area contributed by atoms with E-state index >= 15 is 0 Å². The molecule has 0 aromatic carbocycles. The number of nitrogens with two attached hydrogens (primary N) is 1. The first-order chi connectivity index (χ1) is 7.79. The maximum Gasteiger partial charge on any atom is 0.153 e. The number of amidine groups is 1. The molecule has 0 aromatic rings. The molecule has 0 aliphatic carbocycles. The maximum atomic E-state index is 8.51. The summed E-state index contributed by atoms with van der Waals surface area (Å²) < 4.78 is 0. The van der Waals surface area contributed by atoms with Crippen LogP contribution >= 0.6 is 11.8 Å². The predicted octanol–water partition coefficient (Wildman–Crippen LogP) is -0.144. The van der Waals surface area contributed by atoms with E-state index in [-0.39, 0.29) is 0 Å². The number of thioether (sulfide) groups is 1. The van der Waals surface area contributed by atoms with Gasteiger partial charge in [0.05, 0.1) is 6.54 Å². The number of hydrogen-bond acceptors (Lipinski definition) is 5.